The number of guanidine groups is 1. The van der Waals surface area contributed by atoms with Gasteiger partial charge in [0.05, 0.1) is 12.1 Å². The molecule has 3 nitrogen and oxygen atoms in total. The van der Waals surface area contributed by atoms with E-state index in [0.29, 0.717) is 17.3 Å². The number of halogens is 1. The molecule has 1 aliphatic carbocycles. The zero-order valence-electron chi connectivity index (χ0n) is 13.1. The molecule has 3 rings (SSSR count). The van der Waals surface area contributed by atoms with E-state index in [2.05, 4.69) is 36.7 Å². The molecule has 1 fully saturated rings. The second-order valence-corrected chi connectivity index (χ2v) is 8.00. The minimum Gasteiger partial charge on any atom is -0.369 e. The van der Waals surface area contributed by atoms with Crippen LogP contribution < -0.4 is 10.6 Å². The minimum atomic E-state index is 0.00985. The molecule has 21 heavy (non-hydrogen) atoms. The standard InChI is InChI=1S/C17H24ClN3/c1-12-8-16(2,3)10-17(9-12)11-20-15(19)21(17)14-6-4-5-13(18)7-14/h4-7,12H,8-11H2,1-3H3,(H2,19,20). The lowest BCUT2D eigenvalue weighted by atomic mass is 9.64. The number of hydrogen-bond acceptors (Lipinski definition) is 3. The molecule has 0 radical (unpaired) electrons. The second kappa shape index (κ2) is 4.91. The fourth-order valence-electron chi connectivity index (χ4n) is 4.62. The van der Waals surface area contributed by atoms with E-state index < -0.39 is 0 Å². The van der Waals surface area contributed by atoms with Gasteiger partial charge in [-0.05, 0) is 48.8 Å². The van der Waals surface area contributed by atoms with Crippen molar-refractivity contribution >= 4 is 23.2 Å². The van der Waals surface area contributed by atoms with Gasteiger partial charge in [-0.25, -0.2) is 0 Å². The molecule has 0 saturated heterocycles. The van der Waals surface area contributed by atoms with Gasteiger partial charge in [0.1, 0.15) is 0 Å². The van der Waals surface area contributed by atoms with Crippen LogP contribution in [0.25, 0.3) is 0 Å². The molecule has 0 aromatic heterocycles. The van der Waals surface area contributed by atoms with Crippen molar-refractivity contribution in [2.75, 3.05) is 11.4 Å². The lowest BCUT2D eigenvalue weighted by molar-refractivity contribution is 0.119. The maximum Gasteiger partial charge on any atom is 0.196 e. The van der Waals surface area contributed by atoms with Gasteiger partial charge in [0.25, 0.3) is 0 Å². The van der Waals surface area contributed by atoms with E-state index in [4.69, 9.17) is 17.3 Å². The topological polar surface area (TPSA) is 41.6 Å². The van der Waals surface area contributed by atoms with Crippen LogP contribution in [-0.4, -0.2) is 18.0 Å². The molecular weight excluding hydrogens is 282 g/mol. The van der Waals surface area contributed by atoms with E-state index in [1.807, 2.05) is 18.2 Å². The molecule has 2 atom stereocenters. The molecule has 114 valence electrons. The van der Waals surface area contributed by atoms with Crippen LogP contribution in [0.15, 0.2) is 29.3 Å². The van der Waals surface area contributed by atoms with Crippen LogP contribution in [0.1, 0.15) is 40.0 Å². The predicted octanol–water partition coefficient (Wildman–Crippen LogP) is 4.06. The van der Waals surface area contributed by atoms with Gasteiger partial charge in [0.2, 0.25) is 0 Å². The van der Waals surface area contributed by atoms with Crippen molar-refractivity contribution in [2.45, 2.75) is 45.6 Å². The smallest absolute Gasteiger partial charge is 0.196 e. The fraction of sp³-hybridized carbons (Fsp3) is 0.588. The van der Waals surface area contributed by atoms with Gasteiger partial charge < -0.3 is 10.6 Å². The Morgan fingerprint density at radius 2 is 2.10 bits per heavy atom. The maximum absolute atomic E-state index is 6.23. The first-order valence-corrected chi connectivity index (χ1v) is 8.05. The van der Waals surface area contributed by atoms with Crippen molar-refractivity contribution in [3.05, 3.63) is 29.3 Å². The summed E-state index contributed by atoms with van der Waals surface area (Å²) in [5.74, 6) is 1.30. The summed E-state index contributed by atoms with van der Waals surface area (Å²) in [4.78, 5) is 6.81. The number of anilines is 1. The zero-order chi connectivity index (χ0) is 15.3. The van der Waals surface area contributed by atoms with Crippen molar-refractivity contribution in [1.29, 1.82) is 0 Å². The van der Waals surface area contributed by atoms with Crippen LogP contribution >= 0.6 is 11.6 Å². The highest BCUT2D eigenvalue weighted by molar-refractivity contribution is 6.31. The molecule has 1 aromatic rings. The predicted molar refractivity (Wildman–Crippen MR) is 89.9 cm³/mol. The molecule has 2 unspecified atom stereocenters. The lowest BCUT2D eigenvalue weighted by Gasteiger charge is -2.50. The van der Waals surface area contributed by atoms with Gasteiger partial charge >= 0.3 is 0 Å². The summed E-state index contributed by atoms with van der Waals surface area (Å²) in [7, 11) is 0. The van der Waals surface area contributed by atoms with Crippen molar-refractivity contribution in [1.82, 2.24) is 0 Å². The number of nitrogens with two attached hydrogens (primary N) is 1. The molecule has 1 aromatic carbocycles. The highest BCUT2D eigenvalue weighted by Crippen LogP contribution is 2.49. The molecule has 2 N–H and O–H groups in total. The highest BCUT2D eigenvalue weighted by atomic mass is 35.5. The van der Waals surface area contributed by atoms with Crippen LogP contribution in [0.2, 0.25) is 5.02 Å². The van der Waals surface area contributed by atoms with Crippen molar-refractivity contribution < 1.29 is 0 Å². The summed E-state index contributed by atoms with van der Waals surface area (Å²) >= 11 is 6.18. The normalized spacial score (nSPS) is 31.5. The maximum atomic E-state index is 6.23. The summed E-state index contributed by atoms with van der Waals surface area (Å²) in [6.45, 7) is 7.84. The third-order valence-corrected chi connectivity index (χ3v) is 4.98. The van der Waals surface area contributed by atoms with Gasteiger partial charge in [-0.1, -0.05) is 38.4 Å². The molecule has 1 saturated carbocycles. The average Bonchev–Trinajstić information content (AvgIpc) is 2.62. The largest absolute Gasteiger partial charge is 0.369 e. The Morgan fingerprint density at radius 1 is 1.33 bits per heavy atom. The minimum absolute atomic E-state index is 0.00985. The van der Waals surface area contributed by atoms with Crippen LogP contribution in [0, 0.1) is 11.3 Å². The fourth-order valence-corrected chi connectivity index (χ4v) is 4.81. The number of nitrogens with zero attached hydrogens (tertiary/aromatic N) is 2. The van der Waals surface area contributed by atoms with Crippen LogP contribution in [0.5, 0.6) is 0 Å². The van der Waals surface area contributed by atoms with E-state index in [1.165, 1.54) is 6.42 Å². The second-order valence-electron chi connectivity index (χ2n) is 7.57. The van der Waals surface area contributed by atoms with Gasteiger partial charge in [-0.3, -0.25) is 4.99 Å². The van der Waals surface area contributed by atoms with E-state index in [1.54, 1.807) is 0 Å². The number of aliphatic imine (C=N–C) groups is 1. The highest BCUT2D eigenvalue weighted by Gasteiger charge is 2.50. The Hall–Kier alpha value is -1.22. The third kappa shape index (κ3) is 2.64. The van der Waals surface area contributed by atoms with Gasteiger partial charge in [0.15, 0.2) is 5.96 Å². The van der Waals surface area contributed by atoms with Gasteiger partial charge in [-0.2, -0.15) is 0 Å². The molecule has 0 bridgehead atoms. The Kier molecular flexibility index (Phi) is 3.44. The molecule has 0 amide bonds. The van der Waals surface area contributed by atoms with Gasteiger partial charge in [0, 0.05) is 10.7 Å². The van der Waals surface area contributed by atoms with Crippen LogP contribution in [-0.2, 0) is 0 Å². The first-order chi connectivity index (χ1) is 9.81. The van der Waals surface area contributed by atoms with Crippen molar-refractivity contribution in [2.24, 2.45) is 22.1 Å². The van der Waals surface area contributed by atoms with Crippen molar-refractivity contribution in [3.63, 3.8) is 0 Å². The molecule has 1 aliphatic heterocycles. The third-order valence-electron chi connectivity index (χ3n) is 4.74. The Bertz CT molecular complexity index is 581. The SMILES string of the molecule is CC1CC(C)(C)CC2(CN=C(N)N2c2cccc(Cl)c2)C1. The van der Waals surface area contributed by atoms with E-state index in [-0.39, 0.29) is 5.54 Å². The molecule has 1 spiro atoms. The van der Waals surface area contributed by atoms with Crippen LogP contribution in [0.4, 0.5) is 5.69 Å². The van der Waals surface area contributed by atoms with E-state index >= 15 is 0 Å². The van der Waals surface area contributed by atoms with Crippen LogP contribution in [0.3, 0.4) is 0 Å². The molecular formula is C17H24ClN3. The summed E-state index contributed by atoms with van der Waals surface area (Å²) in [6.07, 6.45) is 3.51. The molecule has 2 aliphatic rings. The summed E-state index contributed by atoms with van der Waals surface area (Å²) in [5.41, 5.74) is 7.62. The summed E-state index contributed by atoms with van der Waals surface area (Å²) in [6, 6.07) is 7.94. The number of benzene rings is 1. The zero-order valence-corrected chi connectivity index (χ0v) is 13.8. The molecule has 1 heterocycles. The molecule has 4 heteroatoms. The Balaban J connectivity index is 2.02. The average molecular weight is 306 g/mol. The number of hydrogen-bond donors (Lipinski definition) is 1. The first-order valence-electron chi connectivity index (χ1n) is 7.67. The quantitative estimate of drug-likeness (QED) is 0.850. The Morgan fingerprint density at radius 3 is 2.76 bits per heavy atom. The summed E-state index contributed by atoms with van der Waals surface area (Å²) < 4.78 is 0. The lowest BCUT2D eigenvalue weighted by Crippen LogP contribution is -2.57. The van der Waals surface area contributed by atoms with Gasteiger partial charge in [-0.15, -0.1) is 0 Å². The Labute approximate surface area is 132 Å². The first kappa shape index (κ1) is 14.7. The number of rotatable bonds is 1. The monoisotopic (exact) mass is 305 g/mol. The van der Waals surface area contributed by atoms with Crippen molar-refractivity contribution in [3.8, 4) is 0 Å². The summed E-state index contributed by atoms with van der Waals surface area (Å²) in [5, 5.41) is 0.741. The van der Waals surface area contributed by atoms with E-state index in [9.17, 15) is 0 Å². The van der Waals surface area contributed by atoms with E-state index in [0.717, 1.165) is 30.1 Å².